The van der Waals surface area contributed by atoms with Crippen LogP contribution in [0.3, 0.4) is 0 Å². The van der Waals surface area contributed by atoms with Crippen molar-refractivity contribution >= 4 is 11.4 Å². The van der Waals surface area contributed by atoms with Crippen LogP contribution in [0.1, 0.15) is 6.42 Å². The summed E-state index contributed by atoms with van der Waals surface area (Å²) in [6, 6.07) is 9.69. The molecule has 0 spiro atoms. The largest absolute Gasteiger partial charge is 0.494 e. The van der Waals surface area contributed by atoms with Gasteiger partial charge in [0.1, 0.15) is 5.82 Å². The number of benzene rings is 2. The van der Waals surface area contributed by atoms with E-state index in [-0.39, 0.29) is 17.6 Å². The van der Waals surface area contributed by atoms with E-state index in [9.17, 15) is 8.78 Å². The van der Waals surface area contributed by atoms with Crippen LogP contribution in [-0.2, 0) is 0 Å². The van der Waals surface area contributed by atoms with Gasteiger partial charge in [0.2, 0.25) is 0 Å². The maximum absolute atomic E-state index is 14.8. The van der Waals surface area contributed by atoms with Gasteiger partial charge in [0.25, 0.3) is 0 Å². The van der Waals surface area contributed by atoms with Gasteiger partial charge >= 0.3 is 0 Å². The summed E-state index contributed by atoms with van der Waals surface area (Å²) in [7, 11) is 1.43. The zero-order chi connectivity index (χ0) is 19.7. The van der Waals surface area contributed by atoms with Crippen LogP contribution < -0.4 is 15.0 Å². The maximum Gasteiger partial charge on any atom is 0.167 e. The molecule has 5 nitrogen and oxygen atoms in total. The van der Waals surface area contributed by atoms with Crippen LogP contribution in [0.4, 0.5) is 20.2 Å². The number of methoxy groups -OCH3 is 1. The summed E-state index contributed by atoms with van der Waals surface area (Å²) >= 11 is 0. The topological polar surface area (TPSA) is 53.2 Å². The highest BCUT2D eigenvalue weighted by atomic mass is 19.1. The molecule has 0 amide bonds. The molecule has 2 aromatic carbocycles. The number of nitrogens with one attached hydrogen (secondary N) is 2. The van der Waals surface area contributed by atoms with E-state index in [1.807, 2.05) is 11.0 Å². The predicted octanol–water partition coefficient (Wildman–Crippen LogP) is 4.57. The second kappa shape index (κ2) is 7.34. The average Bonchev–Trinajstić information content (AvgIpc) is 3.33. The van der Waals surface area contributed by atoms with Crippen molar-refractivity contribution in [3.8, 4) is 16.9 Å². The normalized spacial score (nSPS) is 16.5. The summed E-state index contributed by atoms with van der Waals surface area (Å²) in [5.74, 6) is -0.568. The molecule has 4 rings (SSSR count). The Morgan fingerprint density at radius 2 is 2.04 bits per heavy atom. The third-order valence-electron chi connectivity index (χ3n) is 4.95. The first-order valence-electron chi connectivity index (χ1n) is 8.92. The van der Waals surface area contributed by atoms with Crippen molar-refractivity contribution in [1.82, 2.24) is 10.2 Å². The lowest BCUT2D eigenvalue weighted by Crippen LogP contribution is -2.23. The Morgan fingerprint density at radius 3 is 2.71 bits per heavy atom. The number of aromatic nitrogens is 2. The van der Waals surface area contributed by atoms with Crippen molar-refractivity contribution in [3.63, 3.8) is 0 Å². The van der Waals surface area contributed by atoms with Crippen molar-refractivity contribution in [1.29, 1.82) is 0 Å². The highest BCUT2D eigenvalue weighted by molar-refractivity contribution is 5.67. The van der Waals surface area contributed by atoms with Crippen molar-refractivity contribution in [3.05, 3.63) is 72.7 Å². The second-order valence-corrected chi connectivity index (χ2v) is 6.63. The molecular weight excluding hydrogens is 362 g/mol. The number of halogens is 2. The Morgan fingerprint density at radius 1 is 1.18 bits per heavy atom. The molecular formula is C21H20F2N4O. The van der Waals surface area contributed by atoms with E-state index in [1.54, 1.807) is 30.6 Å². The molecule has 7 heteroatoms. The zero-order valence-corrected chi connectivity index (χ0v) is 15.4. The molecule has 1 aromatic heterocycles. The van der Waals surface area contributed by atoms with Crippen LogP contribution in [0.15, 0.2) is 61.1 Å². The fourth-order valence-corrected chi connectivity index (χ4v) is 3.46. The minimum atomic E-state index is -0.436. The molecule has 1 aliphatic rings. The average molecular weight is 382 g/mol. The van der Waals surface area contributed by atoms with Crippen molar-refractivity contribution in [2.24, 2.45) is 0 Å². The highest BCUT2D eigenvalue weighted by Gasteiger charge is 2.29. The third-order valence-corrected chi connectivity index (χ3v) is 4.95. The molecule has 1 aliphatic heterocycles. The van der Waals surface area contributed by atoms with Crippen LogP contribution >= 0.6 is 0 Å². The smallest absolute Gasteiger partial charge is 0.167 e. The highest BCUT2D eigenvalue weighted by Crippen LogP contribution is 2.34. The molecule has 0 bridgehead atoms. The van der Waals surface area contributed by atoms with Crippen molar-refractivity contribution in [2.75, 3.05) is 23.9 Å². The number of aromatic amines is 1. The Kier molecular flexibility index (Phi) is 4.73. The van der Waals surface area contributed by atoms with Gasteiger partial charge in [-0.3, -0.25) is 5.10 Å². The minimum absolute atomic E-state index is 0.110. The van der Waals surface area contributed by atoms with Crippen LogP contribution in [0.25, 0.3) is 11.1 Å². The number of hydrogen-bond acceptors (Lipinski definition) is 4. The fraction of sp³-hybridized carbons (Fsp3) is 0.190. The number of nitrogens with zero attached hydrogens (tertiary/aromatic N) is 2. The first-order valence-corrected chi connectivity index (χ1v) is 8.92. The zero-order valence-electron chi connectivity index (χ0n) is 15.4. The molecule has 1 saturated heterocycles. The molecule has 0 aliphatic carbocycles. The fourth-order valence-electron chi connectivity index (χ4n) is 3.46. The van der Waals surface area contributed by atoms with E-state index in [2.05, 4.69) is 22.1 Å². The maximum atomic E-state index is 14.8. The summed E-state index contributed by atoms with van der Waals surface area (Å²) in [5, 5.41) is 9.88. The molecule has 0 radical (unpaired) electrons. The lowest BCUT2D eigenvalue weighted by atomic mass is 10.1. The number of hydrogen-bond donors (Lipinski definition) is 2. The van der Waals surface area contributed by atoms with Gasteiger partial charge in [0.05, 0.1) is 25.0 Å². The number of H-pyrrole nitrogens is 1. The van der Waals surface area contributed by atoms with Crippen LogP contribution in [0.2, 0.25) is 0 Å². The second-order valence-electron chi connectivity index (χ2n) is 6.63. The number of rotatable bonds is 5. The Balaban J connectivity index is 1.50. The molecule has 0 saturated carbocycles. The first-order chi connectivity index (χ1) is 13.6. The molecule has 1 unspecified atom stereocenters. The van der Waals surface area contributed by atoms with Gasteiger partial charge < -0.3 is 15.0 Å². The SMILES string of the molecule is C=C1C(Nc2ccc(OC)c(F)c2)CCN1c1ccc(-c2cn[nH]c2)cc1F. The minimum Gasteiger partial charge on any atom is -0.494 e. The van der Waals surface area contributed by atoms with E-state index in [1.165, 1.54) is 19.2 Å². The summed E-state index contributed by atoms with van der Waals surface area (Å²) in [5.41, 5.74) is 3.42. The van der Waals surface area contributed by atoms with E-state index >= 15 is 0 Å². The van der Waals surface area contributed by atoms with Crippen LogP contribution in [0, 0.1) is 11.6 Å². The van der Waals surface area contributed by atoms with Crippen LogP contribution in [-0.4, -0.2) is 29.9 Å². The van der Waals surface area contributed by atoms with E-state index < -0.39 is 5.82 Å². The van der Waals surface area contributed by atoms with Gasteiger partial charge in [-0.1, -0.05) is 12.6 Å². The number of ether oxygens (including phenoxy) is 1. The van der Waals surface area contributed by atoms with Gasteiger partial charge in [-0.2, -0.15) is 5.10 Å². The van der Waals surface area contributed by atoms with Gasteiger partial charge in [-0.15, -0.1) is 0 Å². The number of anilines is 2. The monoisotopic (exact) mass is 382 g/mol. The Hall–Kier alpha value is -3.35. The summed E-state index contributed by atoms with van der Waals surface area (Å²) in [6.45, 7) is 4.74. The van der Waals surface area contributed by atoms with E-state index in [4.69, 9.17) is 4.74 Å². The molecule has 2 N–H and O–H groups in total. The standard InChI is InChI=1S/C21H20F2N4O/c1-13-19(26-16-4-6-21(28-2)18(23)10-16)7-8-27(13)20-5-3-14(9-17(20)22)15-11-24-25-12-15/h3-6,9-12,19,26H,1,7-8H2,2H3,(H,24,25). The molecule has 2 heterocycles. The van der Waals surface area contributed by atoms with E-state index in [0.29, 0.717) is 17.9 Å². The predicted molar refractivity (Wildman–Crippen MR) is 105 cm³/mol. The summed E-state index contributed by atoms with van der Waals surface area (Å²) < 4.78 is 33.6. The lowest BCUT2D eigenvalue weighted by molar-refractivity contribution is 0.386. The van der Waals surface area contributed by atoms with Gasteiger partial charge in [-0.25, -0.2) is 8.78 Å². The van der Waals surface area contributed by atoms with Gasteiger partial charge in [-0.05, 0) is 36.2 Å². The first kappa shape index (κ1) is 18.0. The van der Waals surface area contributed by atoms with E-state index in [0.717, 1.165) is 23.2 Å². The summed E-state index contributed by atoms with van der Waals surface area (Å²) in [6.07, 6.45) is 4.10. The molecule has 3 aromatic rings. The Labute approximate surface area is 161 Å². The van der Waals surface area contributed by atoms with Gasteiger partial charge in [0.15, 0.2) is 11.6 Å². The lowest BCUT2D eigenvalue weighted by Gasteiger charge is -2.23. The van der Waals surface area contributed by atoms with Crippen LogP contribution in [0.5, 0.6) is 5.75 Å². The van der Waals surface area contributed by atoms with Crippen molar-refractivity contribution < 1.29 is 13.5 Å². The third kappa shape index (κ3) is 3.31. The molecule has 28 heavy (non-hydrogen) atoms. The molecule has 144 valence electrons. The quantitative estimate of drug-likeness (QED) is 0.679. The van der Waals surface area contributed by atoms with Crippen molar-refractivity contribution in [2.45, 2.75) is 12.5 Å². The van der Waals surface area contributed by atoms with Gasteiger partial charge in [0, 0.05) is 35.8 Å². The molecule has 1 atom stereocenters. The summed E-state index contributed by atoms with van der Waals surface area (Å²) in [4.78, 5) is 1.85. The Bertz CT molecular complexity index is 1000. The molecule has 1 fully saturated rings.